The van der Waals surface area contributed by atoms with E-state index in [1.165, 1.54) is 6.08 Å². The number of hydrogen-bond donors (Lipinski definition) is 0. The molecular weight excluding hydrogens is 220 g/mol. The molecule has 0 spiro atoms. The van der Waals surface area contributed by atoms with Gasteiger partial charge in [0.1, 0.15) is 6.61 Å². The minimum atomic E-state index is -0.375. The van der Waals surface area contributed by atoms with Gasteiger partial charge < -0.3 is 9.47 Å². The number of cyclic esters (lactones) is 1. The smallest absolute Gasteiger partial charge is 0.338 e. The predicted molar refractivity (Wildman–Crippen MR) is 61.2 cm³/mol. The van der Waals surface area contributed by atoms with E-state index in [0.717, 1.165) is 11.1 Å². The first-order chi connectivity index (χ1) is 8.20. The molecule has 0 N–H and O–H groups in total. The minimum absolute atomic E-state index is 0.291. The first-order valence-electron chi connectivity index (χ1n) is 5.35. The third kappa shape index (κ3) is 2.53. The van der Waals surface area contributed by atoms with E-state index in [1.807, 2.05) is 6.07 Å². The van der Waals surface area contributed by atoms with Crippen LogP contribution in [0.25, 0.3) is 6.08 Å². The topological polar surface area (TPSA) is 52.6 Å². The van der Waals surface area contributed by atoms with Crippen molar-refractivity contribution in [2.45, 2.75) is 13.5 Å². The van der Waals surface area contributed by atoms with Crippen molar-refractivity contribution < 1.29 is 19.1 Å². The van der Waals surface area contributed by atoms with Crippen molar-refractivity contribution in [2.75, 3.05) is 6.61 Å². The fourth-order valence-electron chi connectivity index (χ4n) is 1.61. The largest absolute Gasteiger partial charge is 0.463 e. The quantitative estimate of drug-likeness (QED) is 0.590. The lowest BCUT2D eigenvalue weighted by Gasteiger charge is -1.97. The second kappa shape index (κ2) is 4.82. The van der Waals surface area contributed by atoms with Gasteiger partial charge in [-0.1, -0.05) is 6.07 Å². The maximum atomic E-state index is 11.2. The van der Waals surface area contributed by atoms with E-state index in [-0.39, 0.29) is 11.9 Å². The zero-order valence-electron chi connectivity index (χ0n) is 9.43. The van der Waals surface area contributed by atoms with Crippen molar-refractivity contribution in [1.29, 1.82) is 0 Å². The minimum Gasteiger partial charge on any atom is -0.463 e. The number of benzene rings is 1. The average molecular weight is 232 g/mol. The van der Waals surface area contributed by atoms with Crippen LogP contribution in [0.2, 0.25) is 0 Å². The number of ether oxygens (including phenoxy) is 2. The van der Waals surface area contributed by atoms with E-state index < -0.39 is 0 Å². The second-order valence-electron chi connectivity index (χ2n) is 3.58. The van der Waals surface area contributed by atoms with Gasteiger partial charge in [-0.2, -0.15) is 0 Å². The summed E-state index contributed by atoms with van der Waals surface area (Å²) >= 11 is 0. The summed E-state index contributed by atoms with van der Waals surface area (Å²) in [6.07, 6.45) is 3.02. The third-order valence-electron chi connectivity index (χ3n) is 2.41. The van der Waals surface area contributed by atoms with Gasteiger partial charge in [0.2, 0.25) is 0 Å². The van der Waals surface area contributed by atoms with Gasteiger partial charge in [0.15, 0.2) is 0 Å². The van der Waals surface area contributed by atoms with Gasteiger partial charge in [-0.15, -0.1) is 0 Å². The molecule has 0 radical (unpaired) electrons. The molecule has 1 aromatic carbocycles. The van der Waals surface area contributed by atoms with Crippen molar-refractivity contribution in [3.63, 3.8) is 0 Å². The number of hydrogen-bond acceptors (Lipinski definition) is 4. The molecule has 0 bridgehead atoms. The van der Waals surface area contributed by atoms with Crippen molar-refractivity contribution in [3.8, 4) is 0 Å². The number of fused-ring (bicyclic) bond motifs is 1. The predicted octanol–water partition coefficient (Wildman–Crippen LogP) is 1.93. The van der Waals surface area contributed by atoms with Gasteiger partial charge in [0, 0.05) is 11.6 Å². The maximum absolute atomic E-state index is 11.2. The molecule has 0 amide bonds. The van der Waals surface area contributed by atoms with Gasteiger partial charge in [-0.3, -0.25) is 0 Å². The SMILES string of the molecule is CCOC(=O)C=Cc1ccc2c(c1)COC2=O. The first-order valence-corrected chi connectivity index (χ1v) is 5.35. The number of carbonyl (C=O) groups excluding carboxylic acids is 2. The number of carbonyl (C=O) groups is 2. The Morgan fingerprint density at radius 3 is 3.12 bits per heavy atom. The molecular formula is C13H12O4. The van der Waals surface area contributed by atoms with Crippen LogP contribution in [0, 0.1) is 0 Å². The standard InChI is InChI=1S/C13H12O4/c1-2-16-12(14)6-4-9-3-5-11-10(7-9)8-17-13(11)15/h3-7H,2,8H2,1H3. The maximum Gasteiger partial charge on any atom is 0.338 e. The highest BCUT2D eigenvalue weighted by Gasteiger charge is 2.20. The van der Waals surface area contributed by atoms with Gasteiger partial charge in [-0.25, -0.2) is 9.59 Å². The summed E-state index contributed by atoms with van der Waals surface area (Å²) < 4.78 is 9.66. The van der Waals surface area contributed by atoms with Crippen molar-refractivity contribution >= 4 is 18.0 Å². The summed E-state index contributed by atoms with van der Waals surface area (Å²) in [6, 6.07) is 5.30. The first kappa shape index (κ1) is 11.4. The molecule has 0 aliphatic carbocycles. The van der Waals surface area contributed by atoms with Crippen LogP contribution in [0.3, 0.4) is 0 Å². The summed E-state index contributed by atoms with van der Waals surface area (Å²) in [7, 11) is 0. The molecule has 1 aliphatic rings. The van der Waals surface area contributed by atoms with E-state index >= 15 is 0 Å². The summed E-state index contributed by atoms with van der Waals surface area (Å²) in [4.78, 5) is 22.3. The monoisotopic (exact) mass is 232 g/mol. The van der Waals surface area contributed by atoms with Gasteiger partial charge >= 0.3 is 11.9 Å². The fourth-order valence-corrected chi connectivity index (χ4v) is 1.61. The molecule has 0 aromatic heterocycles. The molecule has 0 unspecified atom stereocenters. The van der Waals surface area contributed by atoms with Crippen LogP contribution in [0.15, 0.2) is 24.3 Å². The van der Waals surface area contributed by atoms with Crippen LogP contribution in [0.1, 0.15) is 28.4 Å². The fraction of sp³-hybridized carbons (Fsp3) is 0.231. The highest BCUT2D eigenvalue weighted by Crippen LogP contribution is 2.21. The molecule has 88 valence electrons. The van der Waals surface area contributed by atoms with Crippen LogP contribution in [-0.4, -0.2) is 18.5 Å². The van der Waals surface area contributed by atoms with E-state index in [4.69, 9.17) is 9.47 Å². The van der Waals surface area contributed by atoms with Crippen LogP contribution < -0.4 is 0 Å². The molecule has 4 heteroatoms. The Kier molecular flexibility index (Phi) is 3.23. The van der Waals surface area contributed by atoms with Gasteiger partial charge in [0.05, 0.1) is 12.2 Å². The molecule has 4 nitrogen and oxygen atoms in total. The second-order valence-corrected chi connectivity index (χ2v) is 3.58. The molecule has 0 fully saturated rings. The summed E-state index contributed by atoms with van der Waals surface area (Å²) in [5.41, 5.74) is 2.29. The number of rotatable bonds is 3. The Labute approximate surface area is 98.8 Å². The van der Waals surface area contributed by atoms with E-state index in [9.17, 15) is 9.59 Å². The van der Waals surface area contributed by atoms with Crippen LogP contribution in [0.4, 0.5) is 0 Å². The van der Waals surface area contributed by atoms with Gasteiger partial charge in [-0.05, 0) is 30.7 Å². The van der Waals surface area contributed by atoms with Crippen LogP contribution in [-0.2, 0) is 20.9 Å². The lowest BCUT2D eigenvalue weighted by Crippen LogP contribution is -1.98. The lowest BCUT2D eigenvalue weighted by atomic mass is 10.1. The van der Waals surface area contributed by atoms with Crippen molar-refractivity contribution in [1.82, 2.24) is 0 Å². The molecule has 0 saturated carbocycles. The van der Waals surface area contributed by atoms with Crippen LogP contribution >= 0.6 is 0 Å². The summed E-state index contributed by atoms with van der Waals surface area (Å²) in [5, 5.41) is 0. The van der Waals surface area contributed by atoms with E-state index in [0.29, 0.717) is 18.8 Å². The summed E-state index contributed by atoms with van der Waals surface area (Å²) in [6.45, 7) is 2.41. The zero-order valence-corrected chi connectivity index (χ0v) is 9.43. The van der Waals surface area contributed by atoms with Crippen molar-refractivity contribution in [3.05, 3.63) is 41.0 Å². The molecule has 1 aliphatic heterocycles. The Balaban J connectivity index is 2.14. The number of esters is 2. The lowest BCUT2D eigenvalue weighted by molar-refractivity contribution is -0.137. The molecule has 0 atom stereocenters. The van der Waals surface area contributed by atoms with E-state index in [1.54, 1.807) is 25.1 Å². The highest BCUT2D eigenvalue weighted by molar-refractivity contribution is 5.94. The highest BCUT2D eigenvalue weighted by atomic mass is 16.5. The average Bonchev–Trinajstić information content (AvgIpc) is 2.69. The van der Waals surface area contributed by atoms with Crippen molar-refractivity contribution in [2.24, 2.45) is 0 Å². The van der Waals surface area contributed by atoms with E-state index in [2.05, 4.69) is 0 Å². The Morgan fingerprint density at radius 1 is 1.53 bits per heavy atom. The molecule has 17 heavy (non-hydrogen) atoms. The Bertz CT molecular complexity index is 488. The van der Waals surface area contributed by atoms with Crippen LogP contribution in [0.5, 0.6) is 0 Å². The van der Waals surface area contributed by atoms with Gasteiger partial charge in [0.25, 0.3) is 0 Å². The molecule has 2 rings (SSSR count). The molecule has 1 heterocycles. The Morgan fingerprint density at radius 2 is 2.35 bits per heavy atom. The third-order valence-corrected chi connectivity index (χ3v) is 2.41. The zero-order chi connectivity index (χ0) is 12.3. The summed E-state index contributed by atoms with van der Waals surface area (Å²) in [5.74, 6) is -0.666. The normalized spacial score (nSPS) is 13.6. The molecule has 1 aromatic rings. The molecule has 0 saturated heterocycles. The Hall–Kier alpha value is -2.10.